The Morgan fingerprint density at radius 1 is 1.29 bits per heavy atom. The molecule has 2 aromatic rings. The molecule has 0 radical (unpaired) electrons. The minimum Gasteiger partial charge on any atom is -0.396 e. The molecule has 1 aromatic heterocycles. The Morgan fingerprint density at radius 2 is 2.18 bits per heavy atom. The average molecular weight is 229 g/mol. The van der Waals surface area contributed by atoms with Crippen molar-refractivity contribution in [3.8, 4) is 0 Å². The van der Waals surface area contributed by atoms with E-state index in [1.54, 1.807) is 0 Å². The molecule has 1 aliphatic rings. The molecule has 0 atom stereocenters. The van der Waals surface area contributed by atoms with E-state index in [4.69, 9.17) is 5.11 Å². The highest BCUT2D eigenvalue weighted by Crippen LogP contribution is 2.30. The first kappa shape index (κ1) is 10.8. The predicted molar refractivity (Wildman–Crippen MR) is 70.4 cm³/mol. The van der Waals surface area contributed by atoms with E-state index in [0.717, 1.165) is 12.8 Å². The lowest BCUT2D eigenvalue weighted by molar-refractivity contribution is 0.288. The van der Waals surface area contributed by atoms with Gasteiger partial charge in [-0.2, -0.15) is 0 Å². The van der Waals surface area contributed by atoms with Gasteiger partial charge in [0.05, 0.1) is 5.52 Å². The number of aryl methyl sites for hydroxylation is 4. The molecule has 17 heavy (non-hydrogen) atoms. The zero-order valence-corrected chi connectivity index (χ0v) is 10.4. The van der Waals surface area contributed by atoms with Crippen molar-refractivity contribution in [1.29, 1.82) is 0 Å². The number of hydrogen-bond donors (Lipinski definition) is 1. The summed E-state index contributed by atoms with van der Waals surface area (Å²) in [5.41, 5.74) is 5.69. The van der Waals surface area contributed by atoms with Crippen LogP contribution in [0.15, 0.2) is 18.2 Å². The van der Waals surface area contributed by atoms with Gasteiger partial charge in [0, 0.05) is 24.2 Å². The minimum absolute atomic E-state index is 0.285. The highest BCUT2D eigenvalue weighted by molar-refractivity contribution is 5.85. The van der Waals surface area contributed by atoms with Gasteiger partial charge in [-0.3, -0.25) is 0 Å². The van der Waals surface area contributed by atoms with Gasteiger partial charge in [0.2, 0.25) is 0 Å². The Hall–Kier alpha value is -1.28. The van der Waals surface area contributed by atoms with Crippen LogP contribution >= 0.6 is 0 Å². The smallest absolute Gasteiger partial charge is 0.0515 e. The molecule has 0 spiro atoms. The monoisotopic (exact) mass is 229 g/mol. The lowest BCUT2D eigenvalue weighted by Crippen LogP contribution is -2.09. The Labute approximate surface area is 102 Å². The first-order chi connectivity index (χ1) is 8.29. The van der Waals surface area contributed by atoms with Crippen LogP contribution in [-0.2, 0) is 19.4 Å². The van der Waals surface area contributed by atoms with Crippen LogP contribution in [0.4, 0.5) is 0 Å². The van der Waals surface area contributed by atoms with Crippen molar-refractivity contribution in [1.82, 2.24) is 4.57 Å². The maximum Gasteiger partial charge on any atom is 0.0515 e. The van der Waals surface area contributed by atoms with E-state index in [1.165, 1.54) is 47.1 Å². The van der Waals surface area contributed by atoms with Crippen LogP contribution in [0.1, 0.15) is 29.7 Å². The van der Waals surface area contributed by atoms with Gasteiger partial charge in [-0.1, -0.05) is 6.07 Å². The first-order valence-electron chi connectivity index (χ1n) is 6.52. The quantitative estimate of drug-likeness (QED) is 0.860. The zero-order valence-electron chi connectivity index (χ0n) is 10.4. The fourth-order valence-electron chi connectivity index (χ4n) is 3.04. The van der Waals surface area contributed by atoms with E-state index in [9.17, 15) is 0 Å². The van der Waals surface area contributed by atoms with Crippen LogP contribution in [0.2, 0.25) is 0 Å². The van der Waals surface area contributed by atoms with E-state index >= 15 is 0 Å². The highest BCUT2D eigenvalue weighted by atomic mass is 16.2. The summed E-state index contributed by atoms with van der Waals surface area (Å²) in [7, 11) is 0. The van der Waals surface area contributed by atoms with E-state index < -0.39 is 0 Å². The summed E-state index contributed by atoms with van der Waals surface area (Å²) >= 11 is 0. The van der Waals surface area contributed by atoms with Gasteiger partial charge in [-0.05, 0) is 55.9 Å². The molecule has 1 aromatic carbocycles. The van der Waals surface area contributed by atoms with Gasteiger partial charge in [0.15, 0.2) is 0 Å². The first-order valence-corrected chi connectivity index (χ1v) is 6.52. The molecule has 2 heterocycles. The molecule has 0 saturated carbocycles. The summed E-state index contributed by atoms with van der Waals surface area (Å²) in [5, 5.41) is 10.3. The van der Waals surface area contributed by atoms with Crippen molar-refractivity contribution in [3.63, 3.8) is 0 Å². The lowest BCUT2D eigenvalue weighted by Gasteiger charge is -2.18. The van der Waals surface area contributed by atoms with Gasteiger partial charge in [-0.25, -0.2) is 0 Å². The highest BCUT2D eigenvalue weighted by Gasteiger charge is 2.15. The molecule has 0 aliphatic carbocycles. The summed E-state index contributed by atoms with van der Waals surface area (Å²) in [6.07, 6.45) is 4.31. The molecule has 0 saturated heterocycles. The van der Waals surface area contributed by atoms with E-state index in [2.05, 4.69) is 29.7 Å². The SMILES string of the molecule is Cc1cc2cc(CCCO)cc3c2n1CCC3. The molecule has 1 N–H and O–H groups in total. The standard InChI is InChI=1S/C15H19NO/c1-11-8-14-10-12(4-3-7-17)9-13-5-2-6-16(11)15(13)14/h8-10,17H,2-7H2,1H3. The Bertz CT molecular complexity index is 554. The number of hydrogen-bond acceptors (Lipinski definition) is 1. The van der Waals surface area contributed by atoms with Gasteiger partial charge in [0.1, 0.15) is 0 Å². The number of aliphatic hydroxyl groups excluding tert-OH is 1. The summed E-state index contributed by atoms with van der Waals surface area (Å²) in [6, 6.07) is 6.93. The minimum atomic E-state index is 0.285. The summed E-state index contributed by atoms with van der Waals surface area (Å²) < 4.78 is 2.45. The topological polar surface area (TPSA) is 25.2 Å². The Balaban J connectivity index is 2.13. The number of rotatable bonds is 3. The van der Waals surface area contributed by atoms with Crippen LogP contribution in [-0.4, -0.2) is 16.3 Å². The van der Waals surface area contributed by atoms with Crippen LogP contribution in [0.25, 0.3) is 10.9 Å². The Kier molecular flexibility index (Phi) is 2.67. The molecular weight excluding hydrogens is 210 g/mol. The maximum absolute atomic E-state index is 8.92. The molecular formula is C15H19NO. The van der Waals surface area contributed by atoms with Crippen molar-refractivity contribution in [2.75, 3.05) is 6.61 Å². The number of aromatic nitrogens is 1. The average Bonchev–Trinajstić information content (AvgIpc) is 2.66. The van der Waals surface area contributed by atoms with Crippen molar-refractivity contribution in [3.05, 3.63) is 35.0 Å². The predicted octanol–water partition coefficient (Wildman–Crippen LogP) is 2.82. The van der Waals surface area contributed by atoms with Gasteiger partial charge < -0.3 is 9.67 Å². The van der Waals surface area contributed by atoms with Gasteiger partial charge in [0.25, 0.3) is 0 Å². The summed E-state index contributed by atoms with van der Waals surface area (Å²) in [5.74, 6) is 0. The second-order valence-electron chi connectivity index (χ2n) is 5.06. The number of benzene rings is 1. The molecule has 0 amide bonds. The maximum atomic E-state index is 8.92. The molecule has 0 fully saturated rings. The van der Waals surface area contributed by atoms with Gasteiger partial charge >= 0.3 is 0 Å². The van der Waals surface area contributed by atoms with Crippen molar-refractivity contribution >= 4 is 10.9 Å². The second kappa shape index (κ2) is 4.19. The fraction of sp³-hybridized carbons (Fsp3) is 0.467. The lowest BCUT2D eigenvalue weighted by atomic mass is 9.98. The molecule has 0 unspecified atom stereocenters. The molecule has 2 heteroatoms. The van der Waals surface area contributed by atoms with E-state index in [0.29, 0.717) is 0 Å². The van der Waals surface area contributed by atoms with Crippen molar-refractivity contribution in [2.45, 2.75) is 39.2 Å². The third-order valence-corrected chi connectivity index (χ3v) is 3.79. The normalized spacial score (nSPS) is 14.5. The zero-order chi connectivity index (χ0) is 11.8. The van der Waals surface area contributed by atoms with E-state index in [-0.39, 0.29) is 6.61 Å². The van der Waals surface area contributed by atoms with Crippen LogP contribution < -0.4 is 0 Å². The molecule has 3 rings (SSSR count). The molecule has 2 nitrogen and oxygen atoms in total. The van der Waals surface area contributed by atoms with Crippen LogP contribution in [0, 0.1) is 6.92 Å². The second-order valence-corrected chi connectivity index (χ2v) is 5.06. The summed E-state index contributed by atoms with van der Waals surface area (Å²) in [6.45, 7) is 3.65. The fourth-order valence-corrected chi connectivity index (χ4v) is 3.04. The third kappa shape index (κ3) is 1.77. The largest absolute Gasteiger partial charge is 0.396 e. The van der Waals surface area contributed by atoms with Crippen LogP contribution in [0.5, 0.6) is 0 Å². The summed E-state index contributed by atoms with van der Waals surface area (Å²) in [4.78, 5) is 0. The molecule has 1 aliphatic heterocycles. The van der Waals surface area contributed by atoms with Crippen molar-refractivity contribution < 1.29 is 5.11 Å². The Morgan fingerprint density at radius 3 is 3.00 bits per heavy atom. The van der Waals surface area contributed by atoms with Crippen LogP contribution in [0.3, 0.4) is 0 Å². The van der Waals surface area contributed by atoms with Gasteiger partial charge in [-0.15, -0.1) is 0 Å². The molecule has 0 bridgehead atoms. The van der Waals surface area contributed by atoms with E-state index in [1.807, 2.05) is 0 Å². The third-order valence-electron chi connectivity index (χ3n) is 3.79. The number of nitrogens with zero attached hydrogens (tertiary/aromatic N) is 1. The molecule has 90 valence electrons. The number of aliphatic hydroxyl groups is 1. The van der Waals surface area contributed by atoms with Crippen molar-refractivity contribution in [2.24, 2.45) is 0 Å².